The monoisotopic (exact) mass is 819 g/mol. The van der Waals surface area contributed by atoms with Gasteiger partial charge in [0.25, 0.3) is 0 Å². The molecule has 0 bridgehead atoms. The van der Waals surface area contributed by atoms with E-state index in [-0.39, 0.29) is 12.6 Å². The lowest BCUT2D eigenvalue weighted by atomic mass is 10.1. The Balaban J connectivity index is 1.62. The highest BCUT2D eigenvalue weighted by atomic mass is 16.6. The molecule has 0 aliphatic carbocycles. The highest BCUT2D eigenvalue weighted by Gasteiger charge is 2.03. The largest absolute Gasteiger partial charge is 0.463 e. The minimum atomic E-state index is -0.138. The topological polar surface area (TPSA) is 137 Å². The van der Waals surface area contributed by atoms with Gasteiger partial charge in [-0.25, -0.2) is 0 Å². The second kappa shape index (κ2) is 46.9. The molecule has 0 heterocycles. The molecule has 0 N–H and O–H groups in total. The Bertz CT molecular complexity index is 913. The Kier molecular flexibility index (Phi) is 43.8. The second-order valence-corrected chi connectivity index (χ2v) is 13.1. The fourth-order valence-electron chi connectivity index (χ4n) is 5.05. The zero-order valence-electron chi connectivity index (χ0n) is 35.4. The van der Waals surface area contributed by atoms with Crippen molar-refractivity contribution in [3.05, 3.63) is 35.9 Å². The van der Waals surface area contributed by atoms with Gasteiger partial charge in [0.15, 0.2) is 0 Å². The van der Waals surface area contributed by atoms with Crippen LogP contribution in [0.2, 0.25) is 0 Å². The lowest BCUT2D eigenvalue weighted by Gasteiger charge is -2.09. The Morgan fingerprint density at radius 2 is 0.632 bits per heavy atom. The van der Waals surface area contributed by atoms with E-state index in [1.165, 1.54) is 44.9 Å². The number of carbonyl (C=O) groups is 1. The molecule has 0 spiro atoms. The van der Waals surface area contributed by atoms with E-state index in [2.05, 4.69) is 6.92 Å². The van der Waals surface area contributed by atoms with Gasteiger partial charge >= 0.3 is 5.97 Å². The van der Waals surface area contributed by atoms with E-state index in [1.54, 1.807) is 0 Å². The molecule has 0 unspecified atom stereocenters. The molecule has 1 aromatic carbocycles. The van der Waals surface area contributed by atoms with E-state index in [0.717, 1.165) is 18.4 Å². The minimum absolute atomic E-state index is 0.138. The summed E-state index contributed by atoms with van der Waals surface area (Å²) in [5, 5.41) is 0. The SMILES string of the molecule is CCCCCCCCCCCC(=O)OCCOCCOCCOCCOCCOCCOCCOCCOCCOCCOCCOCCOCc1ccccc1. The van der Waals surface area contributed by atoms with Crippen molar-refractivity contribution in [2.45, 2.75) is 77.7 Å². The van der Waals surface area contributed by atoms with Crippen molar-refractivity contribution in [1.29, 1.82) is 0 Å². The molecule has 14 heteroatoms. The Morgan fingerprint density at radius 3 is 0.965 bits per heavy atom. The van der Waals surface area contributed by atoms with E-state index in [0.29, 0.717) is 165 Å². The molecule has 1 aromatic rings. The molecular weight excluding hydrogens is 740 g/mol. The molecule has 0 fully saturated rings. The van der Waals surface area contributed by atoms with Crippen LogP contribution in [0.5, 0.6) is 0 Å². The van der Waals surface area contributed by atoms with Crippen molar-refractivity contribution < 1.29 is 66.4 Å². The molecule has 1 rings (SSSR count). The van der Waals surface area contributed by atoms with Gasteiger partial charge in [-0.3, -0.25) is 4.79 Å². The van der Waals surface area contributed by atoms with Gasteiger partial charge in [0.2, 0.25) is 0 Å². The van der Waals surface area contributed by atoms with Crippen molar-refractivity contribution in [3.63, 3.8) is 0 Å². The van der Waals surface area contributed by atoms with Crippen LogP contribution < -0.4 is 0 Å². The van der Waals surface area contributed by atoms with Crippen LogP contribution in [0, 0.1) is 0 Å². The van der Waals surface area contributed by atoms with E-state index in [1.807, 2.05) is 30.3 Å². The lowest BCUT2D eigenvalue weighted by molar-refractivity contribution is -0.145. The first-order chi connectivity index (χ1) is 28.3. The first-order valence-corrected chi connectivity index (χ1v) is 21.5. The maximum atomic E-state index is 11.8. The summed E-state index contributed by atoms with van der Waals surface area (Å²) in [4.78, 5) is 11.8. The molecular formula is C43H78O14. The van der Waals surface area contributed by atoms with Crippen LogP contribution in [0.25, 0.3) is 0 Å². The van der Waals surface area contributed by atoms with Crippen LogP contribution in [0.15, 0.2) is 30.3 Å². The fraction of sp³-hybridized carbons (Fsp3) is 0.837. The minimum Gasteiger partial charge on any atom is -0.463 e. The number of hydrogen-bond acceptors (Lipinski definition) is 14. The normalized spacial score (nSPS) is 11.5. The van der Waals surface area contributed by atoms with Crippen LogP contribution in [0.1, 0.15) is 76.7 Å². The number of esters is 1. The number of unbranched alkanes of at least 4 members (excludes halogenated alkanes) is 8. The quantitative estimate of drug-likeness (QED) is 0.0575. The number of benzene rings is 1. The van der Waals surface area contributed by atoms with E-state index >= 15 is 0 Å². The summed E-state index contributed by atoms with van der Waals surface area (Å²) >= 11 is 0. The fourth-order valence-corrected chi connectivity index (χ4v) is 5.05. The molecule has 0 atom stereocenters. The Hall–Kier alpha value is -1.79. The summed E-state index contributed by atoms with van der Waals surface area (Å²) in [6.07, 6.45) is 11.6. The molecule has 0 radical (unpaired) electrons. The van der Waals surface area contributed by atoms with Gasteiger partial charge in [-0.05, 0) is 12.0 Å². The van der Waals surface area contributed by atoms with Crippen LogP contribution >= 0.6 is 0 Å². The molecule has 14 nitrogen and oxygen atoms in total. The van der Waals surface area contributed by atoms with Gasteiger partial charge in [0.1, 0.15) is 6.61 Å². The lowest BCUT2D eigenvalue weighted by Crippen LogP contribution is -2.15. The van der Waals surface area contributed by atoms with E-state index in [4.69, 9.17) is 61.6 Å². The van der Waals surface area contributed by atoms with Crippen LogP contribution in [-0.4, -0.2) is 165 Å². The number of carbonyl (C=O) groups excluding carboxylic acids is 1. The maximum absolute atomic E-state index is 11.8. The molecule has 0 aliphatic heterocycles. The average Bonchev–Trinajstić information content (AvgIpc) is 3.23. The summed E-state index contributed by atoms with van der Waals surface area (Å²) in [6.45, 7) is 14.6. The van der Waals surface area contributed by atoms with Gasteiger partial charge in [-0.15, -0.1) is 0 Å². The van der Waals surface area contributed by atoms with E-state index < -0.39 is 0 Å². The van der Waals surface area contributed by atoms with Gasteiger partial charge in [0.05, 0.1) is 159 Å². The first kappa shape index (κ1) is 53.2. The molecule has 0 saturated heterocycles. The third-order valence-corrected chi connectivity index (χ3v) is 8.18. The summed E-state index contributed by atoms with van der Waals surface area (Å²) in [5.74, 6) is -0.138. The summed E-state index contributed by atoms with van der Waals surface area (Å²) in [7, 11) is 0. The van der Waals surface area contributed by atoms with Gasteiger partial charge in [-0.1, -0.05) is 88.6 Å². The molecule has 0 amide bonds. The van der Waals surface area contributed by atoms with Crippen LogP contribution in [-0.2, 0) is 73.0 Å². The highest BCUT2D eigenvalue weighted by molar-refractivity contribution is 5.69. The summed E-state index contributed by atoms with van der Waals surface area (Å²) < 4.78 is 71.3. The Morgan fingerprint density at radius 1 is 0.351 bits per heavy atom. The summed E-state index contributed by atoms with van der Waals surface area (Å²) in [5.41, 5.74) is 1.16. The number of hydrogen-bond donors (Lipinski definition) is 0. The van der Waals surface area contributed by atoms with Crippen LogP contribution in [0.3, 0.4) is 0 Å². The molecule has 0 aliphatic rings. The standard InChI is InChI=1S/C43H78O14/c1-2-3-4-5-6-7-8-9-13-16-43(44)57-40-39-55-36-35-53-32-31-51-28-27-49-24-23-47-20-19-45-17-18-46-21-22-48-25-26-50-29-30-52-33-34-54-37-38-56-41-42-14-11-10-12-15-42/h10-12,14-15H,2-9,13,16-41H2,1H3. The van der Waals surface area contributed by atoms with Crippen molar-refractivity contribution >= 4 is 5.97 Å². The molecule has 0 aromatic heterocycles. The first-order valence-electron chi connectivity index (χ1n) is 21.5. The van der Waals surface area contributed by atoms with Crippen molar-refractivity contribution in [3.8, 4) is 0 Å². The zero-order valence-corrected chi connectivity index (χ0v) is 35.4. The number of rotatable bonds is 48. The molecule has 57 heavy (non-hydrogen) atoms. The highest BCUT2D eigenvalue weighted by Crippen LogP contribution is 2.10. The predicted molar refractivity (Wildman–Crippen MR) is 218 cm³/mol. The summed E-state index contributed by atoms with van der Waals surface area (Å²) in [6, 6.07) is 10.1. The second-order valence-electron chi connectivity index (χ2n) is 13.1. The van der Waals surface area contributed by atoms with Crippen LogP contribution in [0.4, 0.5) is 0 Å². The van der Waals surface area contributed by atoms with Gasteiger partial charge < -0.3 is 61.6 Å². The smallest absolute Gasteiger partial charge is 0.305 e. The average molecular weight is 819 g/mol. The predicted octanol–water partition coefficient (Wildman–Crippen LogP) is 5.85. The number of ether oxygens (including phenoxy) is 13. The maximum Gasteiger partial charge on any atom is 0.305 e. The third-order valence-electron chi connectivity index (χ3n) is 8.18. The van der Waals surface area contributed by atoms with Gasteiger partial charge in [-0.2, -0.15) is 0 Å². The molecule has 334 valence electrons. The third kappa shape index (κ3) is 43.6. The van der Waals surface area contributed by atoms with Crippen molar-refractivity contribution in [2.75, 3.05) is 159 Å². The van der Waals surface area contributed by atoms with Crippen molar-refractivity contribution in [1.82, 2.24) is 0 Å². The van der Waals surface area contributed by atoms with Crippen molar-refractivity contribution in [2.24, 2.45) is 0 Å². The zero-order chi connectivity index (χ0) is 40.6. The Labute approximate surface area is 344 Å². The molecule has 0 saturated carbocycles. The van der Waals surface area contributed by atoms with E-state index in [9.17, 15) is 4.79 Å². The van der Waals surface area contributed by atoms with Gasteiger partial charge in [0, 0.05) is 6.42 Å².